The van der Waals surface area contributed by atoms with Gasteiger partial charge in [-0.1, -0.05) is 42.9 Å². The van der Waals surface area contributed by atoms with Gasteiger partial charge in [0.2, 0.25) is 0 Å². The molecule has 1 aromatic carbocycles. The summed E-state index contributed by atoms with van der Waals surface area (Å²) in [5.74, 6) is 0.702. The Kier molecular flexibility index (Phi) is 2.72. The largest absolute Gasteiger partial charge is 0.207 e. The third-order valence-corrected chi connectivity index (χ3v) is 2.91. The number of allylic oxidation sites excluding steroid dienone is 4. The first kappa shape index (κ1) is 10.2. The van der Waals surface area contributed by atoms with Crippen LogP contribution in [0.3, 0.4) is 0 Å². The predicted molar refractivity (Wildman–Crippen MR) is 61.2 cm³/mol. The highest BCUT2D eigenvalue weighted by Gasteiger charge is 2.17. The third kappa shape index (κ3) is 2.17. The molecule has 0 spiro atoms. The smallest absolute Gasteiger partial charge is 0.123 e. The molecule has 1 aliphatic carbocycles. The maximum atomic E-state index is 12.8. The monoisotopic (exact) mass is 202 g/mol. The van der Waals surface area contributed by atoms with Crippen LogP contribution in [0.2, 0.25) is 0 Å². The molecule has 1 aromatic rings. The normalized spacial score (nSPS) is 25.1. The molecular weight excluding hydrogens is 187 g/mol. The number of benzene rings is 1. The summed E-state index contributed by atoms with van der Waals surface area (Å²) in [7, 11) is 0. The maximum Gasteiger partial charge on any atom is 0.123 e. The summed E-state index contributed by atoms with van der Waals surface area (Å²) in [6.45, 7) is 4.30. The average Bonchev–Trinajstić information content (AvgIpc) is 2.20. The Balaban J connectivity index is 2.26. The molecule has 0 fully saturated rings. The van der Waals surface area contributed by atoms with Crippen LogP contribution < -0.4 is 0 Å². The molecule has 0 bridgehead atoms. The Labute approximate surface area is 90.1 Å². The summed E-state index contributed by atoms with van der Waals surface area (Å²) in [5.41, 5.74) is 2.49. The molecule has 78 valence electrons. The highest BCUT2D eigenvalue weighted by atomic mass is 19.1. The molecule has 0 aromatic heterocycles. The lowest BCUT2D eigenvalue weighted by atomic mass is 9.82. The van der Waals surface area contributed by atoms with Crippen molar-refractivity contribution in [2.45, 2.75) is 19.8 Å². The molecule has 1 aliphatic rings. The first-order chi connectivity index (χ1) is 7.16. The molecule has 0 saturated carbocycles. The Morgan fingerprint density at radius 3 is 2.40 bits per heavy atom. The molecule has 2 unspecified atom stereocenters. The molecule has 0 amide bonds. The Bertz CT molecular complexity index is 398. The van der Waals surface area contributed by atoms with E-state index in [1.807, 2.05) is 12.1 Å². The van der Waals surface area contributed by atoms with E-state index >= 15 is 0 Å². The summed E-state index contributed by atoms with van der Waals surface area (Å²) in [6.07, 6.45) is 6.59. The van der Waals surface area contributed by atoms with E-state index in [4.69, 9.17) is 0 Å². The highest BCUT2D eigenvalue weighted by Crippen LogP contribution is 2.31. The Morgan fingerprint density at radius 1 is 1.13 bits per heavy atom. The van der Waals surface area contributed by atoms with Gasteiger partial charge in [-0.15, -0.1) is 0 Å². The maximum absolute atomic E-state index is 12.8. The van der Waals surface area contributed by atoms with Gasteiger partial charge >= 0.3 is 0 Å². The van der Waals surface area contributed by atoms with Crippen LogP contribution in [0, 0.1) is 11.7 Å². The second-order valence-corrected chi connectivity index (χ2v) is 4.21. The second-order valence-electron chi connectivity index (χ2n) is 4.21. The second kappa shape index (κ2) is 4.01. The van der Waals surface area contributed by atoms with Gasteiger partial charge in [0, 0.05) is 5.92 Å². The van der Waals surface area contributed by atoms with Crippen molar-refractivity contribution in [2.75, 3.05) is 0 Å². The minimum absolute atomic E-state index is 0.169. The molecule has 0 radical (unpaired) electrons. The minimum atomic E-state index is -0.169. The summed E-state index contributed by atoms with van der Waals surface area (Å²) in [5, 5.41) is 0. The molecule has 0 nitrogen and oxygen atoms in total. The van der Waals surface area contributed by atoms with E-state index in [2.05, 4.69) is 32.1 Å². The van der Waals surface area contributed by atoms with Gasteiger partial charge in [0.25, 0.3) is 0 Å². The lowest BCUT2D eigenvalue weighted by Crippen LogP contribution is -2.08. The van der Waals surface area contributed by atoms with Crippen LogP contribution in [0.25, 0.3) is 0 Å². The Morgan fingerprint density at radius 2 is 1.80 bits per heavy atom. The van der Waals surface area contributed by atoms with Crippen LogP contribution in [-0.2, 0) is 0 Å². The number of rotatable bonds is 1. The van der Waals surface area contributed by atoms with Crippen molar-refractivity contribution in [2.24, 2.45) is 5.92 Å². The van der Waals surface area contributed by atoms with Gasteiger partial charge < -0.3 is 0 Å². The first-order valence-corrected chi connectivity index (χ1v) is 5.29. The van der Waals surface area contributed by atoms with Gasteiger partial charge in [-0.25, -0.2) is 4.39 Å². The van der Waals surface area contributed by atoms with Crippen LogP contribution >= 0.6 is 0 Å². The van der Waals surface area contributed by atoms with Gasteiger partial charge in [0.1, 0.15) is 5.82 Å². The fourth-order valence-corrected chi connectivity index (χ4v) is 2.10. The zero-order valence-corrected chi connectivity index (χ0v) is 9.07. The molecule has 2 atom stereocenters. The number of hydrogen-bond donors (Lipinski definition) is 0. The average molecular weight is 202 g/mol. The SMILES string of the molecule is CC1=CC(C)C(c2ccc(F)cc2)C=C1. The van der Waals surface area contributed by atoms with Crippen LogP contribution in [0.5, 0.6) is 0 Å². The number of hydrogen-bond acceptors (Lipinski definition) is 0. The third-order valence-electron chi connectivity index (χ3n) is 2.91. The van der Waals surface area contributed by atoms with Crippen molar-refractivity contribution in [3.8, 4) is 0 Å². The van der Waals surface area contributed by atoms with Crippen molar-refractivity contribution in [3.05, 3.63) is 59.4 Å². The molecule has 0 saturated heterocycles. The van der Waals surface area contributed by atoms with E-state index in [9.17, 15) is 4.39 Å². The summed E-state index contributed by atoms with van der Waals surface area (Å²) in [4.78, 5) is 0. The van der Waals surface area contributed by atoms with Gasteiger partial charge in [-0.05, 0) is 30.5 Å². The standard InChI is InChI=1S/C14H15F/c1-10-3-8-14(11(2)9-10)12-4-6-13(15)7-5-12/h3-9,11,14H,1-2H3. The van der Waals surface area contributed by atoms with E-state index in [0.717, 1.165) is 0 Å². The number of halogens is 1. The lowest BCUT2D eigenvalue weighted by molar-refractivity contribution is 0.613. The molecule has 0 aliphatic heterocycles. The van der Waals surface area contributed by atoms with Crippen LogP contribution in [0.4, 0.5) is 4.39 Å². The molecule has 2 rings (SSSR count). The van der Waals surface area contributed by atoms with Crippen molar-refractivity contribution in [1.29, 1.82) is 0 Å². The molecular formula is C14H15F. The molecule has 0 heterocycles. The summed E-state index contributed by atoms with van der Waals surface area (Å²) in [6, 6.07) is 6.80. The minimum Gasteiger partial charge on any atom is -0.207 e. The first-order valence-electron chi connectivity index (χ1n) is 5.29. The van der Waals surface area contributed by atoms with Gasteiger partial charge in [-0.2, -0.15) is 0 Å². The van der Waals surface area contributed by atoms with Crippen LogP contribution in [-0.4, -0.2) is 0 Å². The van der Waals surface area contributed by atoms with E-state index < -0.39 is 0 Å². The highest BCUT2D eigenvalue weighted by molar-refractivity contribution is 5.33. The lowest BCUT2D eigenvalue weighted by Gasteiger charge is -2.22. The van der Waals surface area contributed by atoms with Crippen molar-refractivity contribution in [3.63, 3.8) is 0 Å². The topological polar surface area (TPSA) is 0 Å². The van der Waals surface area contributed by atoms with E-state index in [1.54, 1.807) is 0 Å². The quantitative estimate of drug-likeness (QED) is 0.644. The van der Waals surface area contributed by atoms with Crippen molar-refractivity contribution < 1.29 is 4.39 Å². The zero-order chi connectivity index (χ0) is 10.8. The zero-order valence-electron chi connectivity index (χ0n) is 9.07. The van der Waals surface area contributed by atoms with Crippen LogP contribution in [0.1, 0.15) is 25.3 Å². The van der Waals surface area contributed by atoms with E-state index in [1.165, 1.54) is 23.3 Å². The fourth-order valence-electron chi connectivity index (χ4n) is 2.10. The fraction of sp³-hybridized carbons (Fsp3) is 0.286. The predicted octanol–water partition coefficient (Wildman–Crippen LogP) is 4.06. The van der Waals surface area contributed by atoms with Crippen molar-refractivity contribution >= 4 is 0 Å². The van der Waals surface area contributed by atoms with Gasteiger partial charge in [0.15, 0.2) is 0 Å². The molecule has 15 heavy (non-hydrogen) atoms. The van der Waals surface area contributed by atoms with E-state index in [0.29, 0.717) is 11.8 Å². The van der Waals surface area contributed by atoms with Crippen LogP contribution in [0.15, 0.2) is 48.1 Å². The summed E-state index contributed by atoms with van der Waals surface area (Å²) < 4.78 is 12.8. The van der Waals surface area contributed by atoms with E-state index in [-0.39, 0.29) is 5.82 Å². The van der Waals surface area contributed by atoms with Gasteiger partial charge in [0.05, 0.1) is 0 Å². The molecule has 0 N–H and O–H groups in total. The molecule has 1 heteroatoms. The summed E-state index contributed by atoms with van der Waals surface area (Å²) >= 11 is 0. The Hall–Kier alpha value is -1.37. The van der Waals surface area contributed by atoms with Crippen molar-refractivity contribution in [1.82, 2.24) is 0 Å². The van der Waals surface area contributed by atoms with Gasteiger partial charge in [-0.3, -0.25) is 0 Å².